The lowest BCUT2D eigenvalue weighted by Crippen LogP contribution is -2.44. The van der Waals surface area contributed by atoms with Gasteiger partial charge in [-0.1, -0.05) is 55.5 Å². The molecule has 228 valence electrons. The Morgan fingerprint density at radius 1 is 1.09 bits per heavy atom. The van der Waals surface area contributed by atoms with E-state index in [2.05, 4.69) is 10.4 Å². The second-order valence-electron chi connectivity index (χ2n) is 12.2. The monoisotopic (exact) mass is 612 g/mol. The number of hydrogen-bond donors (Lipinski definition) is 3. The number of anilines is 1. The maximum absolute atomic E-state index is 13.8. The first kappa shape index (κ1) is 29.9. The average molecular weight is 613 g/mol. The van der Waals surface area contributed by atoms with Crippen molar-refractivity contribution in [2.75, 3.05) is 18.5 Å². The number of aromatic nitrogens is 2. The van der Waals surface area contributed by atoms with Crippen molar-refractivity contribution in [1.29, 1.82) is 0 Å². The lowest BCUT2D eigenvalue weighted by Gasteiger charge is -2.32. The van der Waals surface area contributed by atoms with Crippen molar-refractivity contribution in [1.82, 2.24) is 14.7 Å². The van der Waals surface area contributed by atoms with Crippen LogP contribution in [0.4, 0.5) is 5.69 Å². The van der Waals surface area contributed by atoms with E-state index in [9.17, 15) is 24.3 Å². The van der Waals surface area contributed by atoms with E-state index in [0.717, 1.165) is 10.9 Å². The third-order valence-corrected chi connectivity index (χ3v) is 11.5. The molecule has 0 unspecified atom stereocenters. The van der Waals surface area contributed by atoms with E-state index in [1.807, 2.05) is 49.4 Å². The fourth-order valence-corrected chi connectivity index (χ4v) is 9.56. The SMILES string of the molecule is C[C@H]1[C@H]([Si](C)(C)O)[C@@H](CC(=O)N(CCO)Cc2ccccc2)O[C@]12C(=O)Nc1ccc(-n3ncc4ccccc4c3=O)cc12. The largest absolute Gasteiger partial charge is 0.432 e. The van der Waals surface area contributed by atoms with Crippen molar-refractivity contribution in [2.24, 2.45) is 5.92 Å². The Morgan fingerprint density at radius 3 is 2.55 bits per heavy atom. The predicted molar refractivity (Wildman–Crippen MR) is 169 cm³/mol. The fraction of sp³-hybridized carbons (Fsp3) is 0.333. The highest BCUT2D eigenvalue weighted by atomic mass is 28.4. The highest BCUT2D eigenvalue weighted by Crippen LogP contribution is 2.58. The summed E-state index contributed by atoms with van der Waals surface area (Å²) in [6, 6.07) is 21.9. The summed E-state index contributed by atoms with van der Waals surface area (Å²) in [6.45, 7) is 5.75. The summed E-state index contributed by atoms with van der Waals surface area (Å²) in [5, 5.41) is 18.3. The minimum atomic E-state index is -3.00. The van der Waals surface area contributed by atoms with E-state index >= 15 is 0 Å². The molecular weight excluding hydrogens is 576 g/mol. The molecule has 0 bridgehead atoms. The van der Waals surface area contributed by atoms with Gasteiger partial charge < -0.3 is 24.9 Å². The maximum Gasteiger partial charge on any atom is 0.279 e. The molecule has 1 fully saturated rings. The molecule has 4 aromatic rings. The number of rotatable bonds is 8. The van der Waals surface area contributed by atoms with Gasteiger partial charge in [-0.3, -0.25) is 14.4 Å². The Kier molecular flexibility index (Phi) is 7.74. The predicted octanol–water partition coefficient (Wildman–Crippen LogP) is 3.55. The van der Waals surface area contributed by atoms with Crippen LogP contribution in [0.2, 0.25) is 18.6 Å². The molecular formula is C33H36N4O6Si. The Bertz CT molecular complexity index is 1790. The Balaban J connectivity index is 1.37. The van der Waals surface area contributed by atoms with E-state index in [-0.39, 0.29) is 36.9 Å². The molecule has 3 aromatic carbocycles. The first-order valence-electron chi connectivity index (χ1n) is 14.8. The van der Waals surface area contributed by atoms with Crippen LogP contribution in [0.3, 0.4) is 0 Å². The molecule has 0 aliphatic carbocycles. The van der Waals surface area contributed by atoms with Crippen LogP contribution in [0.15, 0.2) is 83.8 Å². The molecule has 2 amide bonds. The second-order valence-corrected chi connectivity index (χ2v) is 16.2. The summed E-state index contributed by atoms with van der Waals surface area (Å²) in [6.07, 6.45) is 0.820. The molecule has 10 nitrogen and oxygen atoms in total. The van der Waals surface area contributed by atoms with Gasteiger partial charge in [-0.2, -0.15) is 9.78 Å². The molecule has 0 saturated carbocycles. The van der Waals surface area contributed by atoms with E-state index in [0.29, 0.717) is 28.9 Å². The van der Waals surface area contributed by atoms with Crippen molar-refractivity contribution in [2.45, 2.75) is 50.2 Å². The standard InChI is InChI=1S/C33H36N4O6Si/c1-21-30(44(2,3)42)28(18-29(39)36(15-16-38)20-22-9-5-4-6-10-22)43-33(21)26-17-24(13-14-27(26)35-32(33)41)37-31(40)25-12-8-7-11-23(25)19-34-37/h4-14,17,19,21,28,30,38,42H,15-16,18,20H2,1-3H3,(H,35,41)/t21-,28+,30-,33+/m0/s1. The molecule has 6 rings (SSSR count). The molecule has 4 atom stereocenters. The van der Waals surface area contributed by atoms with Crippen LogP contribution in [0, 0.1) is 5.92 Å². The van der Waals surface area contributed by atoms with Crippen LogP contribution in [-0.2, 0) is 26.5 Å². The zero-order valence-electron chi connectivity index (χ0n) is 24.9. The highest BCUT2D eigenvalue weighted by Gasteiger charge is 2.65. The van der Waals surface area contributed by atoms with E-state index in [4.69, 9.17) is 4.74 Å². The van der Waals surface area contributed by atoms with Crippen molar-refractivity contribution < 1.29 is 24.2 Å². The molecule has 1 aromatic heterocycles. The number of ether oxygens (including phenoxy) is 1. The molecule has 1 spiro atoms. The highest BCUT2D eigenvalue weighted by molar-refractivity contribution is 6.71. The maximum atomic E-state index is 13.8. The molecule has 0 radical (unpaired) electrons. The summed E-state index contributed by atoms with van der Waals surface area (Å²) in [4.78, 5) is 54.0. The van der Waals surface area contributed by atoms with Gasteiger partial charge in [0.1, 0.15) is 0 Å². The third kappa shape index (κ3) is 5.05. The number of fused-ring (bicyclic) bond motifs is 3. The fourth-order valence-electron chi connectivity index (χ4n) is 7.01. The number of aliphatic hydroxyl groups is 1. The van der Waals surface area contributed by atoms with Gasteiger partial charge in [0, 0.05) is 41.2 Å². The van der Waals surface area contributed by atoms with Gasteiger partial charge in [-0.05, 0) is 42.9 Å². The van der Waals surface area contributed by atoms with Crippen LogP contribution in [-0.4, -0.2) is 64.0 Å². The van der Waals surface area contributed by atoms with Crippen LogP contribution in [0.1, 0.15) is 24.5 Å². The third-order valence-electron chi connectivity index (χ3n) is 8.98. The molecule has 3 N–H and O–H groups in total. The van der Waals surface area contributed by atoms with Gasteiger partial charge in [-0.15, -0.1) is 0 Å². The van der Waals surface area contributed by atoms with Crippen molar-refractivity contribution >= 4 is 36.6 Å². The number of amides is 2. The molecule has 1 saturated heterocycles. The normalized spacial score (nSPS) is 22.8. The topological polar surface area (TPSA) is 134 Å². The van der Waals surface area contributed by atoms with Crippen LogP contribution < -0.4 is 10.9 Å². The van der Waals surface area contributed by atoms with Gasteiger partial charge in [0.05, 0.1) is 36.4 Å². The quantitative estimate of drug-likeness (QED) is 0.259. The van der Waals surface area contributed by atoms with Crippen LogP contribution in [0.25, 0.3) is 16.5 Å². The van der Waals surface area contributed by atoms with Crippen LogP contribution >= 0.6 is 0 Å². The zero-order valence-corrected chi connectivity index (χ0v) is 25.9. The Labute approximate surface area is 256 Å². The summed E-state index contributed by atoms with van der Waals surface area (Å²) in [5.74, 6) is -1.09. The zero-order chi connectivity index (χ0) is 31.2. The molecule has 2 aliphatic rings. The van der Waals surface area contributed by atoms with E-state index in [1.54, 1.807) is 54.5 Å². The van der Waals surface area contributed by atoms with E-state index < -0.39 is 31.5 Å². The summed E-state index contributed by atoms with van der Waals surface area (Å²) in [5.41, 5.74) is 0.269. The van der Waals surface area contributed by atoms with Crippen molar-refractivity contribution in [3.63, 3.8) is 0 Å². The average Bonchev–Trinajstić information content (AvgIpc) is 3.45. The van der Waals surface area contributed by atoms with Gasteiger partial charge in [0.15, 0.2) is 13.9 Å². The summed E-state index contributed by atoms with van der Waals surface area (Å²) in [7, 11) is -3.00. The minimum absolute atomic E-state index is 0.0609. The number of carbonyl (C=O) groups excluding carboxylic acids is 2. The number of aliphatic hydroxyl groups excluding tert-OH is 1. The van der Waals surface area contributed by atoms with Crippen molar-refractivity contribution in [3.8, 4) is 5.69 Å². The van der Waals surface area contributed by atoms with Gasteiger partial charge in [0.25, 0.3) is 11.5 Å². The molecule has 11 heteroatoms. The van der Waals surface area contributed by atoms with E-state index in [1.165, 1.54) is 4.68 Å². The number of benzene rings is 3. The van der Waals surface area contributed by atoms with Gasteiger partial charge in [0.2, 0.25) is 5.91 Å². The van der Waals surface area contributed by atoms with Gasteiger partial charge in [-0.25, -0.2) is 0 Å². The molecule has 44 heavy (non-hydrogen) atoms. The molecule has 3 heterocycles. The summed E-state index contributed by atoms with van der Waals surface area (Å²) >= 11 is 0. The molecule has 2 aliphatic heterocycles. The second kappa shape index (κ2) is 11.4. The number of hydrogen-bond acceptors (Lipinski definition) is 7. The first-order valence-corrected chi connectivity index (χ1v) is 17.8. The number of carbonyl (C=O) groups is 2. The number of nitrogens with one attached hydrogen (secondary N) is 1. The Hall–Kier alpha value is -4.16. The lowest BCUT2D eigenvalue weighted by atomic mass is 9.82. The van der Waals surface area contributed by atoms with Crippen molar-refractivity contribution in [3.05, 3.63) is 100 Å². The van der Waals surface area contributed by atoms with Gasteiger partial charge >= 0.3 is 0 Å². The smallest absolute Gasteiger partial charge is 0.279 e. The lowest BCUT2D eigenvalue weighted by molar-refractivity contribution is -0.148. The Morgan fingerprint density at radius 2 is 1.82 bits per heavy atom. The first-order chi connectivity index (χ1) is 21.0. The minimum Gasteiger partial charge on any atom is -0.432 e. The summed E-state index contributed by atoms with van der Waals surface area (Å²) < 4.78 is 7.99. The number of nitrogens with zero attached hydrogens (tertiary/aromatic N) is 3. The van der Waals surface area contributed by atoms with Crippen LogP contribution in [0.5, 0.6) is 0 Å².